The molecule has 0 aliphatic rings. The fourth-order valence-electron chi connectivity index (χ4n) is 2.21. The number of carbonyl (C=O) groups excluding carboxylic acids is 3. The van der Waals surface area contributed by atoms with Crippen LogP contribution in [0.25, 0.3) is 0 Å². The second kappa shape index (κ2) is 10.7. The van der Waals surface area contributed by atoms with E-state index in [1.165, 1.54) is 7.11 Å². The van der Waals surface area contributed by atoms with E-state index < -0.39 is 5.97 Å². The quantitative estimate of drug-likeness (QED) is 0.523. The van der Waals surface area contributed by atoms with Gasteiger partial charge in [-0.2, -0.15) is 0 Å². The number of anilines is 2. The lowest BCUT2D eigenvalue weighted by molar-refractivity contribution is -0.145. The molecule has 27 heavy (non-hydrogen) atoms. The predicted octanol–water partition coefficient (Wildman–Crippen LogP) is 2.85. The van der Waals surface area contributed by atoms with Gasteiger partial charge in [-0.1, -0.05) is 24.3 Å². The van der Waals surface area contributed by atoms with Crippen LogP contribution in [0.2, 0.25) is 0 Å². The van der Waals surface area contributed by atoms with E-state index in [9.17, 15) is 14.4 Å². The molecule has 0 saturated heterocycles. The number of amides is 2. The number of para-hydroxylation sites is 1. The van der Waals surface area contributed by atoms with E-state index in [1.807, 2.05) is 18.2 Å². The molecule has 0 aliphatic heterocycles. The zero-order valence-corrected chi connectivity index (χ0v) is 15.1. The minimum Gasteiger partial charge on any atom is -0.463 e. The first kappa shape index (κ1) is 20.1. The Labute approximate surface area is 157 Å². The highest BCUT2D eigenvalue weighted by molar-refractivity contribution is 6.05. The third kappa shape index (κ3) is 7.29. The molecular weight excluding hydrogens is 348 g/mol. The van der Waals surface area contributed by atoms with Gasteiger partial charge in [-0.15, -0.1) is 0 Å². The first-order chi connectivity index (χ1) is 13.1. The maximum atomic E-state index is 12.3. The van der Waals surface area contributed by atoms with Crippen LogP contribution in [0.3, 0.4) is 0 Å². The maximum Gasteiger partial charge on any atom is 0.306 e. The Morgan fingerprint density at radius 1 is 0.852 bits per heavy atom. The smallest absolute Gasteiger partial charge is 0.306 e. The molecule has 2 aromatic rings. The van der Waals surface area contributed by atoms with E-state index in [-0.39, 0.29) is 31.3 Å². The van der Waals surface area contributed by atoms with Crippen molar-refractivity contribution in [3.8, 4) is 0 Å². The Hall–Kier alpha value is -3.19. The topological polar surface area (TPSA) is 93.7 Å². The SMILES string of the molecule is COCCOC(=O)CCC(=O)Nc1cccc(C(=O)Nc2ccccc2)c1. The molecule has 0 heterocycles. The Morgan fingerprint density at radius 3 is 2.33 bits per heavy atom. The van der Waals surface area contributed by atoms with Crippen LogP contribution in [0.1, 0.15) is 23.2 Å². The van der Waals surface area contributed by atoms with E-state index >= 15 is 0 Å². The van der Waals surface area contributed by atoms with Crippen LogP contribution in [-0.2, 0) is 19.1 Å². The number of nitrogens with one attached hydrogen (secondary N) is 2. The first-order valence-electron chi connectivity index (χ1n) is 8.49. The van der Waals surface area contributed by atoms with Gasteiger partial charge in [0.25, 0.3) is 5.91 Å². The number of ether oxygens (including phenoxy) is 2. The van der Waals surface area contributed by atoms with Crippen LogP contribution in [0, 0.1) is 0 Å². The molecule has 0 radical (unpaired) electrons. The van der Waals surface area contributed by atoms with Crippen LogP contribution in [0.15, 0.2) is 54.6 Å². The normalized spacial score (nSPS) is 10.1. The summed E-state index contributed by atoms with van der Waals surface area (Å²) in [4.78, 5) is 35.8. The van der Waals surface area contributed by atoms with Gasteiger partial charge in [0.1, 0.15) is 6.61 Å². The highest BCUT2D eigenvalue weighted by Gasteiger charge is 2.10. The predicted molar refractivity (Wildman–Crippen MR) is 102 cm³/mol. The standard InChI is InChI=1S/C20H22N2O5/c1-26-12-13-27-19(24)11-10-18(23)21-17-9-5-6-15(14-17)20(25)22-16-7-3-2-4-8-16/h2-9,14H,10-13H2,1H3,(H,21,23)(H,22,25). The average Bonchev–Trinajstić information content (AvgIpc) is 2.67. The molecule has 142 valence electrons. The van der Waals surface area contributed by atoms with Gasteiger partial charge in [-0.05, 0) is 30.3 Å². The summed E-state index contributed by atoms with van der Waals surface area (Å²) in [5.74, 6) is -1.07. The highest BCUT2D eigenvalue weighted by Crippen LogP contribution is 2.14. The lowest BCUT2D eigenvalue weighted by Crippen LogP contribution is -2.16. The molecule has 2 aromatic carbocycles. The van der Waals surface area contributed by atoms with Crippen LogP contribution in [0.4, 0.5) is 11.4 Å². The molecule has 2 rings (SSSR count). The molecule has 0 spiro atoms. The number of rotatable bonds is 9. The fraction of sp³-hybridized carbons (Fsp3) is 0.250. The number of carbonyl (C=O) groups is 3. The van der Waals surface area contributed by atoms with E-state index in [4.69, 9.17) is 9.47 Å². The molecule has 0 fully saturated rings. The van der Waals surface area contributed by atoms with Gasteiger partial charge in [-0.3, -0.25) is 14.4 Å². The van der Waals surface area contributed by atoms with E-state index in [0.29, 0.717) is 23.5 Å². The lowest BCUT2D eigenvalue weighted by Gasteiger charge is -2.08. The van der Waals surface area contributed by atoms with Crippen LogP contribution in [-0.4, -0.2) is 38.1 Å². The fourth-order valence-corrected chi connectivity index (χ4v) is 2.21. The van der Waals surface area contributed by atoms with Gasteiger partial charge in [0, 0.05) is 30.5 Å². The summed E-state index contributed by atoms with van der Waals surface area (Å²) in [5, 5.41) is 5.45. The second-order valence-corrected chi connectivity index (χ2v) is 5.66. The minimum atomic E-state index is -0.460. The maximum absolute atomic E-state index is 12.3. The Bertz CT molecular complexity index is 777. The number of benzene rings is 2. The number of esters is 1. The van der Waals surface area contributed by atoms with Crippen molar-refractivity contribution in [2.24, 2.45) is 0 Å². The number of hydrogen-bond acceptors (Lipinski definition) is 5. The molecule has 7 heteroatoms. The van der Waals surface area contributed by atoms with Crippen molar-refractivity contribution in [1.82, 2.24) is 0 Å². The zero-order chi connectivity index (χ0) is 19.5. The van der Waals surface area contributed by atoms with Crippen molar-refractivity contribution >= 4 is 29.2 Å². The van der Waals surface area contributed by atoms with E-state index in [0.717, 1.165) is 0 Å². The average molecular weight is 370 g/mol. The molecule has 0 aliphatic carbocycles. The zero-order valence-electron chi connectivity index (χ0n) is 15.1. The largest absolute Gasteiger partial charge is 0.463 e. The molecule has 0 atom stereocenters. The number of hydrogen-bond donors (Lipinski definition) is 2. The van der Waals surface area contributed by atoms with Gasteiger partial charge in [0.15, 0.2) is 0 Å². The van der Waals surface area contributed by atoms with Crippen LogP contribution >= 0.6 is 0 Å². The monoisotopic (exact) mass is 370 g/mol. The molecule has 7 nitrogen and oxygen atoms in total. The second-order valence-electron chi connectivity index (χ2n) is 5.66. The Balaban J connectivity index is 1.84. The summed E-state index contributed by atoms with van der Waals surface area (Å²) in [6.07, 6.45) is -0.0318. The molecule has 0 bridgehead atoms. The van der Waals surface area contributed by atoms with Crippen molar-refractivity contribution in [1.29, 1.82) is 0 Å². The van der Waals surface area contributed by atoms with Crippen LogP contribution in [0.5, 0.6) is 0 Å². The Morgan fingerprint density at radius 2 is 1.59 bits per heavy atom. The van der Waals surface area contributed by atoms with Crippen molar-refractivity contribution in [3.63, 3.8) is 0 Å². The number of methoxy groups -OCH3 is 1. The van der Waals surface area contributed by atoms with Gasteiger partial charge < -0.3 is 20.1 Å². The highest BCUT2D eigenvalue weighted by atomic mass is 16.6. The van der Waals surface area contributed by atoms with Gasteiger partial charge >= 0.3 is 5.97 Å². The summed E-state index contributed by atoms with van der Waals surface area (Å²) in [6, 6.07) is 15.7. The van der Waals surface area contributed by atoms with Gasteiger partial charge in [-0.25, -0.2) is 0 Å². The lowest BCUT2D eigenvalue weighted by atomic mass is 10.1. The van der Waals surface area contributed by atoms with Crippen molar-refractivity contribution in [2.45, 2.75) is 12.8 Å². The summed E-state index contributed by atoms with van der Waals surface area (Å²) >= 11 is 0. The van der Waals surface area contributed by atoms with Crippen LogP contribution < -0.4 is 10.6 Å². The van der Waals surface area contributed by atoms with Gasteiger partial charge in [0.2, 0.25) is 5.91 Å². The molecular formula is C20H22N2O5. The van der Waals surface area contributed by atoms with Crippen molar-refractivity contribution < 1.29 is 23.9 Å². The Kier molecular flexibility index (Phi) is 7.99. The third-order valence-electron chi connectivity index (χ3n) is 3.55. The summed E-state index contributed by atoms with van der Waals surface area (Å²) < 4.78 is 9.67. The molecule has 2 N–H and O–H groups in total. The summed E-state index contributed by atoms with van der Waals surface area (Å²) in [5.41, 5.74) is 1.58. The minimum absolute atomic E-state index is 0.00768. The van der Waals surface area contributed by atoms with Crippen molar-refractivity contribution in [2.75, 3.05) is 31.0 Å². The van der Waals surface area contributed by atoms with E-state index in [2.05, 4.69) is 10.6 Å². The summed E-state index contributed by atoms with van der Waals surface area (Å²) in [6.45, 7) is 0.477. The molecule has 0 saturated carbocycles. The third-order valence-corrected chi connectivity index (χ3v) is 3.55. The molecule has 0 unspecified atom stereocenters. The summed E-state index contributed by atoms with van der Waals surface area (Å²) in [7, 11) is 1.51. The van der Waals surface area contributed by atoms with Crippen molar-refractivity contribution in [3.05, 3.63) is 60.2 Å². The molecule has 0 aromatic heterocycles. The van der Waals surface area contributed by atoms with E-state index in [1.54, 1.807) is 36.4 Å². The molecule has 2 amide bonds. The van der Waals surface area contributed by atoms with Gasteiger partial charge in [0.05, 0.1) is 13.0 Å². The first-order valence-corrected chi connectivity index (χ1v) is 8.49.